The van der Waals surface area contributed by atoms with Crippen molar-refractivity contribution in [1.29, 1.82) is 0 Å². The Morgan fingerprint density at radius 1 is 1.10 bits per heavy atom. The molecule has 0 radical (unpaired) electrons. The van der Waals surface area contributed by atoms with Gasteiger partial charge in [-0.1, -0.05) is 18.2 Å². The number of aliphatic imine (C=N–C) groups is 2. The lowest BCUT2D eigenvalue weighted by Gasteiger charge is -2.35. The lowest BCUT2D eigenvalue weighted by Crippen LogP contribution is -2.52. The molecular weight excluding hydrogens is 390 g/mol. The number of ketones is 1. The number of thiocarbonyl (C=S) groups is 1. The minimum absolute atomic E-state index is 0.0364. The topological polar surface area (TPSA) is 84.8 Å². The summed E-state index contributed by atoms with van der Waals surface area (Å²) in [6.45, 7) is 4.24. The number of rotatable bonds is 1. The molecule has 1 fully saturated rings. The quantitative estimate of drug-likeness (QED) is 0.643. The first kappa shape index (κ1) is 18.1. The van der Waals surface area contributed by atoms with E-state index in [4.69, 9.17) is 17.0 Å². The number of carbonyl (C=O) groups is 1. The second-order valence-electron chi connectivity index (χ2n) is 7.17. The van der Waals surface area contributed by atoms with E-state index in [1.807, 2.05) is 40.2 Å². The number of nitrogens with zero attached hydrogens (tertiary/aromatic N) is 5. The van der Waals surface area contributed by atoms with E-state index in [0.717, 1.165) is 30.3 Å². The monoisotopic (exact) mass is 411 g/mol. The molecule has 2 N–H and O–H groups in total. The predicted molar refractivity (Wildman–Crippen MR) is 113 cm³/mol. The second-order valence-corrected chi connectivity index (χ2v) is 7.56. The van der Waals surface area contributed by atoms with Gasteiger partial charge in [0.2, 0.25) is 17.7 Å². The van der Waals surface area contributed by atoms with E-state index in [9.17, 15) is 4.79 Å². The van der Waals surface area contributed by atoms with E-state index in [-0.39, 0.29) is 12.3 Å². The minimum atomic E-state index is -0.0364. The summed E-state index contributed by atoms with van der Waals surface area (Å²) in [7, 11) is 0. The van der Waals surface area contributed by atoms with Crippen molar-refractivity contribution >= 4 is 40.7 Å². The highest BCUT2D eigenvalue weighted by molar-refractivity contribution is 7.80. The van der Waals surface area contributed by atoms with Gasteiger partial charge in [0, 0.05) is 30.9 Å². The van der Waals surface area contributed by atoms with Crippen LogP contribution in [0, 0.1) is 0 Å². The number of guanidine groups is 2. The smallest absolute Gasteiger partial charge is 0.248 e. The normalized spacial score (nSPS) is 21.2. The van der Waals surface area contributed by atoms with E-state index in [1.165, 1.54) is 0 Å². The van der Waals surface area contributed by atoms with Crippen LogP contribution in [0.3, 0.4) is 0 Å². The van der Waals surface area contributed by atoms with Gasteiger partial charge in [-0.15, -0.1) is 0 Å². The molecule has 1 aromatic carbocycles. The molecule has 0 bridgehead atoms. The van der Waals surface area contributed by atoms with Crippen LogP contribution in [0.25, 0.3) is 0 Å². The van der Waals surface area contributed by atoms with Gasteiger partial charge in [-0.3, -0.25) is 10.2 Å². The lowest BCUT2D eigenvalue weighted by atomic mass is 10.0. The van der Waals surface area contributed by atoms with E-state index >= 15 is 0 Å². The van der Waals surface area contributed by atoms with Crippen molar-refractivity contribution < 1.29 is 9.53 Å². The summed E-state index contributed by atoms with van der Waals surface area (Å²) in [5.41, 5.74) is 5.66. The number of ether oxygens (including phenoxy) is 1. The van der Waals surface area contributed by atoms with Gasteiger partial charge >= 0.3 is 0 Å². The molecule has 4 aliphatic heterocycles. The fourth-order valence-electron chi connectivity index (χ4n) is 3.69. The molecule has 9 nitrogen and oxygen atoms in total. The Morgan fingerprint density at radius 3 is 2.69 bits per heavy atom. The van der Waals surface area contributed by atoms with Gasteiger partial charge in [0.15, 0.2) is 5.11 Å². The summed E-state index contributed by atoms with van der Waals surface area (Å²) in [4.78, 5) is 25.9. The maximum Gasteiger partial charge on any atom is 0.248 e. The Balaban J connectivity index is 1.31. The average Bonchev–Trinajstić information content (AvgIpc) is 3.17. The van der Waals surface area contributed by atoms with Crippen LogP contribution in [0.4, 0.5) is 5.69 Å². The molecule has 0 saturated carbocycles. The number of hydrogen-bond acceptors (Lipinski definition) is 8. The summed E-state index contributed by atoms with van der Waals surface area (Å²) in [6.07, 6.45) is 0. The number of hydrogen-bond donors (Lipinski definition) is 2. The Morgan fingerprint density at radius 2 is 1.90 bits per heavy atom. The molecule has 0 aromatic heterocycles. The lowest BCUT2D eigenvalue weighted by molar-refractivity contribution is -0.116. The summed E-state index contributed by atoms with van der Waals surface area (Å²) in [5, 5.41) is 5.62. The highest BCUT2D eigenvalue weighted by atomic mass is 32.1. The van der Waals surface area contributed by atoms with E-state index in [0.29, 0.717) is 43.1 Å². The molecule has 0 atom stereocenters. The zero-order valence-electron chi connectivity index (χ0n) is 15.8. The molecule has 1 aromatic rings. The maximum atomic E-state index is 12.8. The minimum Gasteiger partial charge on any atom is -0.378 e. The number of hydrazine groups is 1. The van der Waals surface area contributed by atoms with Crippen molar-refractivity contribution in [2.24, 2.45) is 9.98 Å². The van der Waals surface area contributed by atoms with E-state index < -0.39 is 0 Å². The first-order chi connectivity index (χ1) is 14.2. The third-order valence-corrected chi connectivity index (χ3v) is 5.54. The number of para-hydroxylation sites is 1. The number of nitrogens with one attached hydrogen (secondary N) is 2. The van der Waals surface area contributed by atoms with Crippen LogP contribution in [0.1, 0.15) is 0 Å². The van der Waals surface area contributed by atoms with Crippen molar-refractivity contribution in [3.63, 3.8) is 0 Å². The van der Waals surface area contributed by atoms with Gasteiger partial charge < -0.3 is 19.9 Å². The van der Waals surface area contributed by atoms with E-state index in [2.05, 4.69) is 25.6 Å². The third kappa shape index (κ3) is 3.56. The van der Waals surface area contributed by atoms with Gasteiger partial charge in [0.1, 0.15) is 5.70 Å². The molecule has 4 heterocycles. The van der Waals surface area contributed by atoms with Gasteiger partial charge in [-0.25, -0.2) is 10.0 Å². The highest BCUT2D eigenvalue weighted by Crippen LogP contribution is 2.24. The summed E-state index contributed by atoms with van der Waals surface area (Å²) in [6, 6.07) is 9.71. The number of carbonyl (C=O) groups excluding carboxylic acids is 1. The third-order valence-electron chi connectivity index (χ3n) is 5.18. The van der Waals surface area contributed by atoms with Gasteiger partial charge in [-0.05, 0) is 24.4 Å². The molecule has 1 saturated heterocycles. The molecule has 5 rings (SSSR count). The first-order valence-electron chi connectivity index (χ1n) is 9.58. The molecule has 10 heteroatoms. The average molecular weight is 411 g/mol. The summed E-state index contributed by atoms with van der Waals surface area (Å²) in [5.74, 6) is 1.26. The van der Waals surface area contributed by atoms with Crippen LogP contribution < -0.4 is 10.7 Å². The van der Waals surface area contributed by atoms with Crippen LogP contribution in [-0.2, 0) is 9.53 Å². The van der Waals surface area contributed by atoms with Crippen LogP contribution in [0.5, 0.6) is 0 Å². The Bertz CT molecular complexity index is 937. The summed E-state index contributed by atoms with van der Waals surface area (Å²) >= 11 is 5.53. The second kappa shape index (κ2) is 7.45. The highest BCUT2D eigenvalue weighted by Gasteiger charge is 2.36. The molecule has 150 valence electrons. The maximum absolute atomic E-state index is 12.8. The molecule has 0 amide bonds. The van der Waals surface area contributed by atoms with Crippen LogP contribution in [-0.4, -0.2) is 83.6 Å². The number of morpholine rings is 1. The van der Waals surface area contributed by atoms with Crippen molar-refractivity contribution in [2.75, 3.05) is 51.3 Å². The molecule has 0 spiro atoms. The zero-order valence-corrected chi connectivity index (χ0v) is 16.6. The molecule has 4 aliphatic rings. The number of anilines is 1. The van der Waals surface area contributed by atoms with Gasteiger partial charge in [-0.2, -0.15) is 4.99 Å². The Kier molecular flexibility index (Phi) is 4.64. The fourth-order valence-corrected chi connectivity index (χ4v) is 3.94. The van der Waals surface area contributed by atoms with Crippen LogP contribution in [0.2, 0.25) is 0 Å². The number of fused-ring (bicyclic) bond motifs is 1. The Labute approximate surface area is 173 Å². The van der Waals surface area contributed by atoms with Crippen LogP contribution >= 0.6 is 12.2 Å². The number of Topliss-reactive ketones (excluding diaryl/α,β-unsaturated/α-hetero) is 1. The Hall–Kier alpha value is -2.98. The van der Waals surface area contributed by atoms with Crippen molar-refractivity contribution in [1.82, 2.24) is 20.2 Å². The molecule has 0 aliphatic carbocycles. The largest absolute Gasteiger partial charge is 0.378 e. The van der Waals surface area contributed by atoms with Gasteiger partial charge in [0.25, 0.3) is 0 Å². The van der Waals surface area contributed by atoms with E-state index in [1.54, 1.807) is 0 Å². The van der Waals surface area contributed by atoms with Crippen molar-refractivity contribution in [3.8, 4) is 0 Å². The van der Waals surface area contributed by atoms with Crippen molar-refractivity contribution in [3.05, 3.63) is 41.6 Å². The molecule has 0 unspecified atom stereocenters. The predicted octanol–water partition coefficient (Wildman–Crippen LogP) is 0.400. The zero-order chi connectivity index (χ0) is 19.8. The SMILES string of the molecule is O=C1CN(C(=S)Nc2ccccc2)CC2=C1N=C1N=C(N3CCOCC3)NN1C2. The molecular formula is C19H21N7O2S. The standard InChI is InChI=1S/C19H21N7O2S/c27-15-12-25(19(29)20-14-4-2-1-3-5-14)10-13-11-26-17(21-16(13)15)22-18(23-26)24-6-8-28-9-7-24/h1-5H,6-12H2,(H,20,29)(H,21,22,23). The first-order valence-corrected chi connectivity index (χ1v) is 9.99. The fraction of sp³-hybridized carbons (Fsp3) is 0.368. The molecule has 29 heavy (non-hydrogen) atoms. The van der Waals surface area contributed by atoms with Gasteiger partial charge in [0.05, 0.1) is 26.3 Å². The van der Waals surface area contributed by atoms with Crippen molar-refractivity contribution in [2.45, 2.75) is 0 Å². The number of benzene rings is 1. The summed E-state index contributed by atoms with van der Waals surface area (Å²) < 4.78 is 5.40. The van der Waals surface area contributed by atoms with Crippen LogP contribution in [0.15, 0.2) is 51.6 Å².